The number of carbonyl (C=O) groups excluding carboxylic acids is 1. The number of ether oxygens (including phenoxy) is 3. The molecule has 33 heavy (non-hydrogen) atoms. The third-order valence-electron chi connectivity index (χ3n) is 5.53. The molecule has 178 valence electrons. The van der Waals surface area contributed by atoms with E-state index in [1.165, 1.54) is 0 Å². The van der Waals surface area contributed by atoms with Gasteiger partial charge in [-0.1, -0.05) is 6.08 Å². The van der Waals surface area contributed by atoms with E-state index in [1.54, 1.807) is 14.2 Å². The minimum Gasteiger partial charge on any atom is -0.496 e. The first-order valence-electron chi connectivity index (χ1n) is 10.9. The molecule has 3 heterocycles. The summed E-state index contributed by atoms with van der Waals surface area (Å²) >= 11 is 6.45. The molecule has 0 spiro atoms. The fourth-order valence-corrected chi connectivity index (χ4v) is 4.29. The molecule has 0 bridgehead atoms. The average Bonchev–Trinajstić information content (AvgIpc) is 3.38. The number of methoxy groups -OCH3 is 2. The van der Waals surface area contributed by atoms with Gasteiger partial charge >= 0.3 is 6.09 Å². The minimum atomic E-state index is -0.521. The number of rotatable bonds is 5. The maximum absolute atomic E-state index is 12.1. The van der Waals surface area contributed by atoms with Gasteiger partial charge in [-0.2, -0.15) is 4.98 Å². The monoisotopic (exact) mass is 475 g/mol. The number of alkyl halides is 1. The lowest BCUT2D eigenvalue weighted by atomic mass is 10.0. The lowest BCUT2D eigenvalue weighted by molar-refractivity contribution is 0.0509. The number of carbonyl (C=O) groups is 1. The number of aromatic nitrogens is 3. The molecule has 1 aliphatic carbocycles. The number of imidazole rings is 1. The van der Waals surface area contributed by atoms with Gasteiger partial charge in [-0.25, -0.2) is 9.78 Å². The molecule has 1 saturated heterocycles. The normalized spacial score (nSPS) is 23.3. The van der Waals surface area contributed by atoms with E-state index >= 15 is 0 Å². The number of nitrogens with one attached hydrogen (secondary N) is 1. The van der Waals surface area contributed by atoms with Crippen molar-refractivity contribution >= 4 is 34.9 Å². The summed E-state index contributed by atoms with van der Waals surface area (Å²) in [6.45, 7) is 6.99. The number of hydrogen-bond donors (Lipinski definition) is 1. The molecule has 1 N–H and O–H groups in total. The van der Waals surface area contributed by atoms with Gasteiger partial charge in [0.15, 0.2) is 0 Å². The number of fused-ring (bicyclic) bond motifs is 1. The highest BCUT2D eigenvalue weighted by Crippen LogP contribution is 2.31. The van der Waals surface area contributed by atoms with Crippen LogP contribution in [0.5, 0.6) is 0 Å². The Labute approximate surface area is 198 Å². The zero-order valence-electron chi connectivity index (χ0n) is 19.5. The zero-order chi connectivity index (χ0) is 23.8. The second-order valence-corrected chi connectivity index (χ2v) is 9.66. The van der Waals surface area contributed by atoms with E-state index in [-0.39, 0.29) is 17.5 Å². The fourth-order valence-electron chi connectivity index (χ4n) is 3.98. The maximum atomic E-state index is 12.1. The van der Waals surface area contributed by atoms with Gasteiger partial charge in [0.2, 0.25) is 5.78 Å². The van der Waals surface area contributed by atoms with E-state index in [1.807, 2.05) is 55.8 Å². The van der Waals surface area contributed by atoms with Gasteiger partial charge in [-0.15, -0.1) is 11.6 Å². The Bertz CT molecular complexity index is 1090. The number of anilines is 1. The van der Waals surface area contributed by atoms with Crippen molar-refractivity contribution < 1.29 is 19.0 Å². The summed E-state index contributed by atoms with van der Waals surface area (Å²) in [4.78, 5) is 23.7. The van der Waals surface area contributed by atoms with Crippen molar-refractivity contribution in [2.45, 2.75) is 50.3 Å². The summed E-state index contributed by atoms with van der Waals surface area (Å²) in [6, 6.07) is 1.95. The first-order chi connectivity index (χ1) is 15.7. The molecule has 1 fully saturated rings. The Hall–Kier alpha value is -2.78. The molecular weight excluding hydrogens is 446 g/mol. The SMILES string of the molecule is COC1=CC(OC)C(Cl)C=C1c1cn2ccc(N3CC[C@@H](NC(=O)OC(C)(C)C)C3)nc2n1. The quantitative estimate of drug-likeness (QED) is 0.663. The third kappa shape index (κ3) is 5.25. The third-order valence-corrected chi connectivity index (χ3v) is 5.91. The van der Waals surface area contributed by atoms with Crippen LogP contribution in [0.1, 0.15) is 32.9 Å². The zero-order valence-corrected chi connectivity index (χ0v) is 20.3. The van der Waals surface area contributed by atoms with Crippen molar-refractivity contribution in [2.75, 3.05) is 32.2 Å². The molecule has 2 aromatic heterocycles. The molecule has 2 aliphatic rings. The molecule has 0 aromatic carbocycles. The summed E-state index contributed by atoms with van der Waals surface area (Å²) in [5.74, 6) is 2.04. The molecule has 0 radical (unpaired) electrons. The standard InChI is InChI=1S/C23H30ClN5O4/c1-23(2,3)33-22(30)25-14-6-8-28(12-14)20-7-9-29-13-17(26-21(29)27-20)15-10-16(24)19(32-5)11-18(15)31-4/h7,9-11,13-14,16,19H,6,8,12H2,1-5H3,(H,25,30)/t14-,16?,19?/m1/s1. The molecule has 3 atom stereocenters. The number of amides is 1. The van der Waals surface area contributed by atoms with Crippen LogP contribution in [0.2, 0.25) is 0 Å². The van der Waals surface area contributed by atoms with Crippen molar-refractivity contribution in [1.29, 1.82) is 0 Å². The minimum absolute atomic E-state index is 0.00404. The van der Waals surface area contributed by atoms with Crippen LogP contribution < -0.4 is 10.2 Å². The Morgan fingerprint density at radius 2 is 2.03 bits per heavy atom. The van der Waals surface area contributed by atoms with E-state index in [0.29, 0.717) is 18.1 Å². The van der Waals surface area contributed by atoms with Crippen molar-refractivity contribution in [3.63, 3.8) is 0 Å². The van der Waals surface area contributed by atoms with Crippen LogP contribution in [0.3, 0.4) is 0 Å². The number of alkyl carbamates (subject to hydrolysis) is 1. The summed E-state index contributed by atoms with van der Waals surface area (Å²) in [5, 5.41) is 2.62. The van der Waals surface area contributed by atoms with Gasteiger partial charge < -0.3 is 24.4 Å². The Balaban J connectivity index is 1.49. The predicted molar refractivity (Wildman–Crippen MR) is 126 cm³/mol. The Morgan fingerprint density at radius 1 is 1.24 bits per heavy atom. The molecule has 1 aliphatic heterocycles. The summed E-state index contributed by atoms with van der Waals surface area (Å²) in [7, 11) is 3.23. The maximum Gasteiger partial charge on any atom is 0.407 e. The highest BCUT2D eigenvalue weighted by atomic mass is 35.5. The number of hydrogen-bond acceptors (Lipinski definition) is 7. The summed E-state index contributed by atoms with van der Waals surface area (Å²) in [6.07, 6.45) is 7.74. The van der Waals surface area contributed by atoms with Gasteiger partial charge in [0.05, 0.1) is 30.3 Å². The number of halogens is 1. The summed E-state index contributed by atoms with van der Waals surface area (Å²) in [5.41, 5.74) is 1.01. The van der Waals surface area contributed by atoms with Crippen LogP contribution in [-0.4, -0.2) is 70.9 Å². The Kier molecular flexibility index (Phi) is 6.54. The lowest BCUT2D eigenvalue weighted by Crippen LogP contribution is -2.40. The molecule has 9 nitrogen and oxygen atoms in total. The topological polar surface area (TPSA) is 90.2 Å². The van der Waals surface area contributed by atoms with Crippen molar-refractivity contribution in [3.8, 4) is 0 Å². The molecule has 2 unspecified atom stereocenters. The molecule has 1 amide bonds. The van der Waals surface area contributed by atoms with Crippen LogP contribution in [0.4, 0.5) is 10.6 Å². The molecule has 0 saturated carbocycles. The van der Waals surface area contributed by atoms with Gasteiger partial charge in [-0.3, -0.25) is 4.40 Å². The van der Waals surface area contributed by atoms with E-state index < -0.39 is 11.7 Å². The molecular formula is C23H30ClN5O4. The molecule has 4 rings (SSSR count). The number of nitrogens with zero attached hydrogens (tertiary/aromatic N) is 4. The van der Waals surface area contributed by atoms with Crippen LogP contribution >= 0.6 is 11.6 Å². The first-order valence-corrected chi connectivity index (χ1v) is 11.4. The van der Waals surface area contributed by atoms with Gasteiger partial charge in [0, 0.05) is 38.2 Å². The average molecular weight is 476 g/mol. The van der Waals surface area contributed by atoms with Crippen LogP contribution in [-0.2, 0) is 14.2 Å². The van der Waals surface area contributed by atoms with Crippen LogP contribution in [0.25, 0.3) is 11.4 Å². The largest absolute Gasteiger partial charge is 0.496 e. The second-order valence-electron chi connectivity index (χ2n) is 9.16. The highest BCUT2D eigenvalue weighted by molar-refractivity contribution is 6.23. The van der Waals surface area contributed by atoms with E-state index in [2.05, 4.69) is 10.2 Å². The van der Waals surface area contributed by atoms with Gasteiger partial charge in [0.1, 0.15) is 17.2 Å². The van der Waals surface area contributed by atoms with Crippen LogP contribution in [0, 0.1) is 0 Å². The van der Waals surface area contributed by atoms with Crippen molar-refractivity contribution in [1.82, 2.24) is 19.7 Å². The smallest absolute Gasteiger partial charge is 0.407 e. The predicted octanol–water partition coefficient (Wildman–Crippen LogP) is 3.38. The first kappa shape index (κ1) is 23.4. The van der Waals surface area contributed by atoms with E-state index in [0.717, 1.165) is 30.1 Å². The molecule has 2 aromatic rings. The number of allylic oxidation sites excluding steroid dienone is 1. The van der Waals surface area contributed by atoms with Gasteiger partial charge in [-0.05, 0) is 39.3 Å². The highest BCUT2D eigenvalue weighted by Gasteiger charge is 2.28. The van der Waals surface area contributed by atoms with Gasteiger partial charge in [0.25, 0.3) is 0 Å². The Morgan fingerprint density at radius 3 is 2.73 bits per heavy atom. The van der Waals surface area contributed by atoms with E-state index in [9.17, 15) is 4.79 Å². The van der Waals surface area contributed by atoms with E-state index in [4.69, 9.17) is 35.8 Å². The second kappa shape index (κ2) is 9.23. The fraction of sp³-hybridized carbons (Fsp3) is 0.522. The van der Waals surface area contributed by atoms with Crippen molar-refractivity contribution in [3.05, 3.63) is 42.1 Å². The molecule has 10 heteroatoms. The van der Waals surface area contributed by atoms with Crippen LogP contribution in [0.15, 0.2) is 36.4 Å². The summed E-state index contributed by atoms with van der Waals surface area (Å²) < 4.78 is 18.2. The lowest BCUT2D eigenvalue weighted by Gasteiger charge is -2.23. The van der Waals surface area contributed by atoms with Crippen molar-refractivity contribution in [2.24, 2.45) is 0 Å².